The molecule has 1 aromatic rings. The molecule has 1 N–H and O–H groups in total. The van der Waals surface area contributed by atoms with E-state index in [1.54, 1.807) is 53.1 Å². The second kappa shape index (κ2) is 11.5. The van der Waals surface area contributed by atoms with Crippen LogP contribution in [-0.2, 0) is 19.1 Å². The molecule has 3 heterocycles. The Bertz CT molecular complexity index is 1110. The van der Waals surface area contributed by atoms with Gasteiger partial charge in [-0.15, -0.1) is 13.2 Å². The zero-order chi connectivity index (χ0) is 28.4. The summed E-state index contributed by atoms with van der Waals surface area (Å²) in [5.74, 6) is -1.39. The highest BCUT2D eigenvalue weighted by atomic mass is 16.5. The molecule has 39 heavy (non-hydrogen) atoms. The van der Waals surface area contributed by atoms with Crippen LogP contribution in [0.3, 0.4) is 0 Å². The number of unbranched alkanes of at least 4 members (excludes halogenated alkanes) is 2. The highest BCUT2D eigenvalue weighted by molar-refractivity contribution is 6.05. The summed E-state index contributed by atoms with van der Waals surface area (Å²) in [6.07, 6.45) is 6.38. The van der Waals surface area contributed by atoms with Gasteiger partial charge in [0.1, 0.15) is 17.4 Å². The van der Waals surface area contributed by atoms with Crippen LogP contribution >= 0.6 is 0 Å². The lowest BCUT2D eigenvalue weighted by atomic mass is 9.66. The number of fused-ring (bicyclic) bond motifs is 1. The molecule has 212 valence electrons. The van der Waals surface area contributed by atoms with Gasteiger partial charge in [0.2, 0.25) is 11.8 Å². The van der Waals surface area contributed by atoms with E-state index in [1.807, 2.05) is 19.1 Å². The van der Waals surface area contributed by atoms with Crippen LogP contribution < -0.4 is 9.64 Å². The van der Waals surface area contributed by atoms with Crippen molar-refractivity contribution >= 4 is 23.4 Å². The van der Waals surface area contributed by atoms with Crippen molar-refractivity contribution in [2.75, 3.05) is 45.3 Å². The van der Waals surface area contributed by atoms with Crippen molar-refractivity contribution in [1.82, 2.24) is 9.80 Å². The Kier molecular flexibility index (Phi) is 8.51. The minimum atomic E-state index is -1.10. The number of amides is 3. The van der Waals surface area contributed by atoms with Crippen molar-refractivity contribution in [3.8, 4) is 5.75 Å². The number of hydrogen-bond donors (Lipinski definition) is 1. The van der Waals surface area contributed by atoms with Crippen molar-refractivity contribution in [2.24, 2.45) is 11.8 Å². The summed E-state index contributed by atoms with van der Waals surface area (Å²) in [5.41, 5.74) is -1.27. The van der Waals surface area contributed by atoms with E-state index in [9.17, 15) is 19.5 Å². The lowest BCUT2D eigenvalue weighted by molar-refractivity contribution is -0.149. The number of ether oxygens (including phenoxy) is 2. The number of nitrogens with zero attached hydrogens (tertiary/aromatic N) is 3. The molecule has 0 radical (unpaired) electrons. The van der Waals surface area contributed by atoms with Gasteiger partial charge < -0.3 is 29.3 Å². The third-order valence-electron chi connectivity index (χ3n) is 8.57. The van der Waals surface area contributed by atoms with Crippen LogP contribution in [0.1, 0.15) is 39.0 Å². The van der Waals surface area contributed by atoms with E-state index in [-0.39, 0.29) is 30.9 Å². The number of likely N-dealkylation sites (N-methyl/N-ethyl adjacent to an activating group) is 1. The second-order valence-corrected chi connectivity index (χ2v) is 11.0. The van der Waals surface area contributed by atoms with Crippen molar-refractivity contribution in [3.63, 3.8) is 0 Å². The third-order valence-corrected chi connectivity index (χ3v) is 8.57. The first kappa shape index (κ1) is 28.8. The monoisotopic (exact) mass is 539 g/mol. The van der Waals surface area contributed by atoms with Crippen LogP contribution in [0.25, 0.3) is 0 Å². The number of methoxy groups -OCH3 is 1. The summed E-state index contributed by atoms with van der Waals surface area (Å²) in [6.45, 7) is 10.5. The average Bonchev–Trinajstić information content (AvgIpc) is 3.50. The summed E-state index contributed by atoms with van der Waals surface area (Å²) in [6, 6.07) is 6.31. The first-order valence-corrected chi connectivity index (χ1v) is 13.7. The largest absolute Gasteiger partial charge is 0.497 e. The van der Waals surface area contributed by atoms with Gasteiger partial charge in [-0.3, -0.25) is 14.4 Å². The molecule has 0 aromatic heterocycles. The smallest absolute Gasteiger partial charge is 0.253 e. The number of likely N-dealkylation sites (tertiary alicyclic amines) is 1. The maximum atomic E-state index is 14.5. The molecule has 1 aromatic carbocycles. The van der Waals surface area contributed by atoms with Gasteiger partial charge in [0.05, 0.1) is 24.5 Å². The minimum absolute atomic E-state index is 0.0706. The van der Waals surface area contributed by atoms with Gasteiger partial charge in [-0.2, -0.15) is 0 Å². The quantitative estimate of drug-likeness (QED) is 0.306. The third kappa shape index (κ3) is 4.87. The van der Waals surface area contributed by atoms with E-state index < -0.39 is 29.1 Å². The number of aliphatic hydroxyl groups excluding tert-OH is 1. The Morgan fingerprint density at radius 3 is 2.44 bits per heavy atom. The first-order chi connectivity index (χ1) is 18.7. The van der Waals surface area contributed by atoms with Crippen LogP contribution in [0.15, 0.2) is 49.6 Å². The molecule has 3 aliphatic rings. The summed E-state index contributed by atoms with van der Waals surface area (Å²) in [4.78, 5) is 47.2. The van der Waals surface area contributed by atoms with E-state index in [1.165, 1.54) is 0 Å². The Balaban J connectivity index is 1.76. The molecule has 3 amide bonds. The average molecular weight is 540 g/mol. The van der Waals surface area contributed by atoms with Gasteiger partial charge in [-0.1, -0.05) is 12.2 Å². The van der Waals surface area contributed by atoms with E-state index in [0.717, 1.165) is 6.42 Å². The fourth-order valence-electron chi connectivity index (χ4n) is 6.77. The van der Waals surface area contributed by atoms with Gasteiger partial charge in [0, 0.05) is 39.0 Å². The first-order valence-electron chi connectivity index (χ1n) is 13.7. The Hall–Kier alpha value is -3.17. The molecular weight excluding hydrogens is 498 g/mol. The summed E-state index contributed by atoms with van der Waals surface area (Å²) < 4.78 is 12.0. The lowest BCUT2D eigenvalue weighted by Gasteiger charge is -2.37. The van der Waals surface area contributed by atoms with Crippen molar-refractivity contribution in [2.45, 2.75) is 56.3 Å². The van der Waals surface area contributed by atoms with Crippen LogP contribution in [0.4, 0.5) is 5.69 Å². The van der Waals surface area contributed by atoms with Crippen molar-refractivity contribution in [1.29, 1.82) is 0 Å². The molecule has 2 bridgehead atoms. The molecular formula is C30H41N3O6. The number of carbonyl (C=O) groups is 3. The van der Waals surface area contributed by atoms with E-state index >= 15 is 0 Å². The molecule has 3 aliphatic heterocycles. The van der Waals surface area contributed by atoms with Crippen LogP contribution in [-0.4, -0.2) is 90.3 Å². The molecule has 9 nitrogen and oxygen atoms in total. The molecule has 3 saturated heterocycles. The summed E-state index contributed by atoms with van der Waals surface area (Å²) >= 11 is 0. The Labute approximate surface area is 231 Å². The van der Waals surface area contributed by atoms with Crippen LogP contribution in [0.5, 0.6) is 5.75 Å². The standard InChI is InChI=1S/C30H41N3O6/c1-6-17-31(4)26(35)23-24-27(36)33(19-9-8-10-20-34)25(30(24)16-15-29(23,3)39-30)28(37)32(18-7-2)21-11-13-22(38-5)14-12-21/h6-7,11-14,23-25,34H,1-2,8-10,15-20H2,3-5H3/t23-,24+,25?,29+,30?/m1/s1. The van der Waals surface area contributed by atoms with E-state index in [0.29, 0.717) is 50.2 Å². The van der Waals surface area contributed by atoms with E-state index in [2.05, 4.69) is 13.2 Å². The fraction of sp³-hybridized carbons (Fsp3) is 0.567. The van der Waals surface area contributed by atoms with Gasteiger partial charge in [0.15, 0.2) is 0 Å². The normalized spacial score (nSPS) is 28.8. The van der Waals surface area contributed by atoms with Gasteiger partial charge in [-0.25, -0.2) is 0 Å². The van der Waals surface area contributed by atoms with Crippen LogP contribution in [0.2, 0.25) is 0 Å². The number of aliphatic hydroxyl groups is 1. The SMILES string of the molecule is C=CCN(C)C(=O)[C@H]1[C@H]2C(=O)N(CCCCCO)C(C(=O)N(CC=C)c3ccc(OC)cc3)C23CC[C@]1(C)O3. The highest BCUT2D eigenvalue weighted by Gasteiger charge is 2.78. The predicted molar refractivity (Wildman–Crippen MR) is 148 cm³/mol. The van der Waals surface area contributed by atoms with Crippen LogP contribution in [0, 0.1) is 11.8 Å². The molecule has 0 saturated carbocycles. The summed E-state index contributed by atoms with van der Waals surface area (Å²) in [7, 11) is 3.29. The second-order valence-electron chi connectivity index (χ2n) is 11.0. The number of carbonyl (C=O) groups excluding carboxylic acids is 3. The minimum Gasteiger partial charge on any atom is -0.497 e. The Morgan fingerprint density at radius 1 is 1.13 bits per heavy atom. The Morgan fingerprint density at radius 2 is 1.82 bits per heavy atom. The lowest BCUT2D eigenvalue weighted by Crippen LogP contribution is -2.56. The fourth-order valence-corrected chi connectivity index (χ4v) is 6.77. The van der Waals surface area contributed by atoms with Gasteiger partial charge in [0.25, 0.3) is 5.91 Å². The predicted octanol–water partition coefficient (Wildman–Crippen LogP) is 2.79. The zero-order valence-electron chi connectivity index (χ0n) is 23.3. The van der Waals surface area contributed by atoms with Gasteiger partial charge in [-0.05, 0) is 63.3 Å². The van der Waals surface area contributed by atoms with Crippen molar-refractivity contribution in [3.05, 3.63) is 49.6 Å². The van der Waals surface area contributed by atoms with E-state index in [4.69, 9.17) is 9.47 Å². The zero-order valence-corrected chi connectivity index (χ0v) is 23.3. The maximum absolute atomic E-state index is 14.5. The molecule has 2 unspecified atom stereocenters. The molecule has 4 rings (SSSR count). The molecule has 3 fully saturated rings. The molecule has 0 aliphatic carbocycles. The molecule has 1 spiro atoms. The topological polar surface area (TPSA) is 99.6 Å². The highest BCUT2D eigenvalue weighted by Crippen LogP contribution is 2.63. The number of anilines is 1. The number of rotatable bonds is 13. The van der Waals surface area contributed by atoms with Crippen molar-refractivity contribution < 1.29 is 29.0 Å². The maximum Gasteiger partial charge on any atom is 0.253 e. The van der Waals surface area contributed by atoms with Gasteiger partial charge >= 0.3 is 0 Å². The summed E-state index contributed by atoms with van der Waals surface area (Å²) in [5, 5.41) is 9.25. The molecule has 9 heteroatoms. The molecule has 5 atom stereocenters. The number of benzene rings is 1. The number of hydrogen-bond acceptors (Lipinski definition) is 6.